The van der Waals surface area contributed by atoms with Gasteiger partial charge in [-0.2, -0.15) is 5.10 Å². The number of rotatable bonds is 8. The average molecular weight is 377 g/mol. The number of nitro groups is 1. The molecule has 0 aliphatic carbocycles. The number of carbonyl (C=O) groups is 1. The van der Waals surface area contributed by atoms with Crippen LogP contribution in [0.3, 0.4) is 0 Å². The predicted molar refractivity (Wildman–Crippen MR) is 99.9 cm³/mol. The van der Waals surface area contributed by atoms with Crippen LogP contribution in [0.4, 0.5) is 11.4 Å². The van der Waals surface area contributed by atoms with Gasteiger partial charge in [-0.1, -0.05) is 11.6 Å². The second-order valence-electron chi connectivity index (χ2n) is 5.07. The fourth-order valence-corrected chi connectivity index (χ4v) is 2.14. The number of nitrogens with one attached hydrogen (secondary N) is 2. The van der Waals surface area contributed by atoms with Crippen LogP contribution in [0.25, 0.3) is 0 Å². The predicted octanol–water partition coefficient (Wildman–Crippen LogP) is 3.21. The summed E-state index contributed by atoms with van der Waals surface area (Å²) in [5.41, 5.74) is 3.30. The molecule has 2 rings (SSSR count). The zero-order valence-electron chi connectivity index (χ0n) is 13.9. The van der Waals surface area contributed by atoms with Crippen LogP contribution in [0, 0.1) is 10.1 Å². The quantitative estimate of drug-likeness (QED) is 0.418. The van der Waals surface area contributed by atoms with E-state index in [2.05, 4.69) is 15.8 Å². The maximum atomic E-state index is 11.8. The molecule has 26 heavy (non-hydrogen) atoms. The van der Waals surface area contributed by atoms with Gasteiger partial charge in [-0.15, -0.1) is 0 Å². The SMILES string of the molecule is CCOc1ccc(NCC(=O)NN=Cc2cc([N+](=O)[O-])ccc2Cl)cc1. The Bertz CT molecular complexity index is 809. The van der Waals surface area contributed by atoms with Gasteiger partial charge >= 0.3 is 0 Å². The van der Waals surface area contributed by atoms with Gasteiger partial charge in [0.25, 0.3) is 11.6 Å². The van der Waals surface area contributed by atoms with Gasteiger partial charge in [-0.3, -0.25) is 14.9 Å². The zero-order valence-corrected chi connectivity index (χ0v) is 14.7. The van der Waals surface area contributed by atoms with Crippen LogP contribution in [-0.2, 0) is 4.79 Å². The first kappa shape index (κ1) is 19.2. The summed E-state index contributed by atoms with van der Waals surface area (Å²) in [5, 5.41) is 17.8. The molecule has 2 aromatic carbocycles. The molecular formula is C17H17ClN4O4. The van der Waals surface area contributed by atoms with E-state index in [4.69, 9.17) is 16.3 Å². The van der Waals surface area contributed by atoms with Crippen LogP contribution in [0.1, 0.15) is 12.5 Å². The molecular weight excluding hydrogens is 360 g/mol. The number of nitrogens with zero attached hydrogens (tertiary/aromatic N) is 2. The molecule has 136 valence electrons. The molecule has 0 radical (unpaired) electrons. The number of carbonyl (C=O) groups excluding carboxylic acids is 1. The van der Waals surface area contributed by atoms with Gasteiger partial charge in [0.1, 0.15) is 5.75 Å². The minimum atomic E-state index is -0.535. The van der Waals surface area contributed by atoms with Crippen molar-refractivity contribution in [1.29, 1.82) is 0 Å². The van der Waals surface area contributed by atoms with Gasteiger partial charge in [-0.25, -0.2) is 5.43 Å². The lowest BCUT2D eigenvalue weighted by Crippen LogP contribution is -2.25. The number of amides is 1. The van der Waals surface area contributed by atoms with Crippen molar-refractivity contribution in [3.63, 3.8) is 0 Å². The molecule has 0 aliphatic heterocycles. The van der Waals surface area contributed by atoms with E-state index in [0.29, 0.717) is 17.2 Å². The van der Waals surface area contributed by atoms with E-state index in [0.717, 1.165) is 11.4 Å². The topological polar surface area (TPSA) is 106 Å². The second-order valence-corrected chi connectivity index (χ2v) is 5.47. The molecule has 2 N–H and O–H groups in total. The maximum Gasteiger partial charge on any atom is 0.270 e. The van der Waals surface area contributed by atoms with Crippen molar-refractivity contribution in [2.45, 2.75) is 6.92 Å². The van der Waals surface area contributed by atoms with Crippen LogP contribution in [0.2, 0.25) is 5.02 Å². The second kappa shape index (κ2) is 9.38. The van der Waals surface area contributed by atoms with Crippen molar-refractivity contribution in [2.75, 3.05) is 18.5 Å². The lowest BCUT2D eigenvalue weighted by molar-refractivity contribution is -0.384. The number of anilines is 1. The number of hydrogen-bond donors (Lipinski definition) is 2. The van der Waals surface area contributed by atoms with Crippen molar-refractivity contribution < 1.29 is 14.5 Å². The van der Waals surface area contributed by atoms with Crippen molar-refractivity contribution in [1.82, 2.24) is 5.43 Å². The Hall–Kier alpha value is -3.13. The summed E-state index contributed by atoms with van der Waals surface area (Å²) in [7, 11) is 0. The molecule has 0 heterocycles. The smallest absolute Gasteiger partial charge is 0.270 e. The molecule has 8 nitrogen and oxygen atoms in total. The van der Waals surface area contributed by atoms with E-state index in [9.17, 15) is 14.9 Å². The van der Waals surface area contributed by atoms with Gasteiger partial charge in [0.05, 0.1) is 24.3 Å². The van der Waals surface area contributed by atoms with Gasteiger partial charge in [-0.05, 0) is 37.3 Å². The van der Waals surface area contributed by atoms with Gasteiger partial charge in [0, 0.05) is 28.4 Å². The van der Waals surface area contributed by atoms with E-state index in [-0.39, 0.29) is 18.1 Å². The number of benzene rings is 2. The first-order valence-electron chi connectivity index (χ1n) is 7.72. The zero-order chi connectivity index (χ0) is 18.9. The average Bonchev–Trinajstić information content (AvgIpc) is 2.63. The van der Waals surface area contributed by atoms with E-state index < -0.39 is 4.92 Å². The van der Waals surface area contributed by atoms with Crippen LogP contribution in [0.15, 0.2) is 47.6 Å². The Balaban J connectivity index is 1.85. The molecule has 0 unspecified atom stereocenters. The Labute approximate surface area is 155 Å². The molecule has 0 saturated heterocycles. The summed E-state index contributed by atoms with van der Waals surface area (Å²) in [5.74, 6) is 0.373. The molecule has 0 aliphatic rings. The fraction of sp³-hybridized carbons (Fsp3) is 0.176. The number of halogens is 1. The first-order chi connectivity index (χ1) is 12.5. The lowest BCUT2D eigenvalue weighted by atomic mass is 10.2. The van der Waals surface area contributed by atoms with Crippen molar-refractivity contribution in [3.8, 4) is 5.75 Å². The molecule has 0 aromatic heterocycles. The summed E-state index contributed by atoms with van der Waals surface area (Å²) in [6, 6.07) is 11.2. The van der Waals surface area contributed by atoms with Crippen molar-refractivity contribution >= 4 is 35.1 Å². The molecule has 9 heteroatoms. The molecule has 0 atom stereocenters. The van der Waals surface area contributed by atoms with E-state index in [1.807, 2.05) is 6.92 Å². The Morgan fingerprint density at radius 2 is 2.04 bits per heavy atom. The molecule has 0 spiro atoms. The van der Waals surface area contributed by atoms with E-state index >= 15 is 0 Å². The highest BCUT2D eigenvalue weighted by Gasteiger charge is 2.08. The summed E-state index contributed by atoms with van der Waals surface area (Å²) < 4.78 is 5.34. The van der Waals surface area contributed by atoms with Crippen LogP contribution in [0.5, 0.6) is 5.75 Å². The number of nitro benzene ring substituents is 1. The molecule has 0 saturated carbocycles. The first-order valence-corrected chi connectivity index (χ1v) is 8.10. The van der Waals surface area contributed by atoms with Gasteiger partial charge in [0.2, 0.25) is 0 Å². The lowest BCUT2D eigenvalue weighted by Gasteiger charge is -2.07. The summed E-state index contributed by atoms with van der Waals surface area (Å²) in [6.45, 7) is 2.49. The molecule has 2 aromatic rings. The Morgan fingerprint density at radius 1 is 1.31 bits per heavy atom. The highest BCUT2D eigenvalue weighted by Crippen LogP contribution is 2.20. The summed E-state index contributed by atoms with van der Waals surface area (Å²) in [6.07, 6.45) is 1.25. The van der Waals surface area contributed by atoms with Crippen LogP contribution < -0.4 is 15.5 Å². The maximum absolute atomic E-state index is 11.8. The number of hydrogen-bond acceptors (Lipinski definition) is 6. The molecule has 1 amide bonds. The minimum absolute atomic E-state index is 0.00793. The van der Waals surface area contributed by atoms with Gasteiger partial charge in [0.15, 0.2) is 0 Å². The summed E-state index contributed by atoms with van der Waals surface area (Å²) in [4.78, 5) is 22.0. The van der Waals surface area contributed by atoms with Gasteiger partial charge < -0.3 is 10.1 Å². The largest absolute Gasteiger partial charge is 0.494 e. The molecule has 0 fully saturated rings. The van der Waals surface area contributed by atoms with Crippen LogP contribution >= 0.6 is 11.6 Å². The number of ether oxygens (including phenoxy) is 1. The van der Waals surface area contributed by atoms with Crippen LogP contribution in [-0.4, -0.2) is 30.2 Å². The third kappa shape index (κ3) is 5.75. The van der Waals surface area contributed by atoms with Crippen molar-refractivity contribution in [2.24, 2.45) is 5.10 Å². The number of hydrazone groups is 1. The Morgan fingerprint density at radius 3 is 2.69 bits per heavy atom. The third-order valence-electron chi connectivity index (χ3n) is 3.20. The normalized spacial score (nSPS) is 10.5. The summed E-state index contributed by atoms with van der Waals surface area (Å²) >= 11 is 5.94. The highest BCUT2D eigenvalue weighted by molar-refractivity contribution is 6.33. The molecule has 0 bridgehead atoms. The standard InChI is InChI=1S/C17H17ClN4O4/c1-2-26-15-6-3-13(4-7-15)19-11-17(23)21-20-10-12-9-14(22(24)25)5-8-16(12)18/h3-10,19H,2,11H2,1H3,(H,21,23). The Kier molecular flexibility index (Phi) is 6.92. The number of non-ortho nitro benzene ring substituents is 1. The third-order valence-corrected chi connectivity index (χ3v) is 3.55. The van der Waals surface area contributed by atoms with Crippen molar-refractivity contribution in [3.05, 3.63) is 63.2 Å². The fourth-order valence-electron chi connectivity index (χ4n) is 1.98. The monoisotopic (exact) mass is 376 g/mol. The minimum Gasteiger partial charge on any atom is -0.494 e. The van der Waals surface area contributed by atoms with E-state index in [1.54, 1.807) is 24.3 Å². The highest BCUT2D eigenvalue weighted by atomic mass is 35.5. The van der Waals surface area contributed by atoms with E-state index in [1.165, 1.54) is 24.4 Å².